The molecule has 0 saturated heterocycles. The fraction of sp³-hybridized carbons (Fsp3) is 0.417. The molecule has 2 aromatic rings. The van der Waals surface area contributed by atoms with E-state index < -0.39 is 0 Å². The minimum absolute atomic E-state index is 0.0152. The van der Waals surface area contributed by atoms with Crippen molar-refractivity contribution in [2.45, 2.75) is 46.6 Å². The van der Waals surface area contributed by atoms with Crippen LogP contribution in [0, 0.1) is 0 Å². The Hall–Kier alpha value is -3.02. The highest BCUT2D eigenvalue weighted by Crippen LogP contribution is 2.24. The maximum Gasteiger partial charge on any atom is 0.253 e. The number of hydrogen-bond donors (Lipinski definition) is 2. The number of nitrogens with one attached hydrogen (secondary N) is 2. The van der Waals surface area contributed by atoms with E-state index in [9.17, 15) is 9.59 Å². The van der Waals surface area contributed by atoms with E-state index >= 15 is 0 Å². The van der Waals surface area contributed by atoms with Crippen LogP contribution in [0.4, 0.5) is 11.4 Å². The topological polar surface area (TPSA) is 70.7 Å². The van der Waals surface area contributed by atoms with Gasteiger partial charge in [0.15, 0.2) is 0 Å². The third-order valence-electron chi connectivity index (χ3n) is 4.36. The zero-order chi connectivity index (χ0) is 21.9. The first-order chi connectivity index (χ1) is 14.4. The molecule has 2 amide bonds. The van der Waals surface area contributed by atoms with Crippen molar-refractivity contribution in [2.24, 2.45) is 0 Å². The summed E-state index contributed by atoms with van der Waals surface area (Å²) in [7, 11) is 0. The summed E-state index contributed by atoms with van der Waals surface area (Å²) in [6.45, 7) is 9.58. The first kappa shape index (κ1) is 23.3. The number of nitrogens with zero attached hydrogens (tertiary/aromatic N) is 1. The molecule has 162 valence electrons. The van der Waals surface area contributed by atoms with Crippen LogP contribution in [0.5, 0.6) is 5.75 Å². The molecule has 0 aliphatic carbocycles. The van der Waals surface area contributed by atoms with Crippen LogP contribution in [0.15, 0.2) is 48.5 Å². The normalized spacial score (nSPS) is 10.6. The molecule has 6 heteroatoms. The molecule has 0 atom stereocenters. The molecule has 0 spiro atoms. The van der Waals surface area contributed by atoms with Gasteiger partial charge in [-0.05, 0) is 57.0 Å². The van der Waals surface area contributed by atoms with E-state index in [4.69, 9.17) is 4.74 Å². The van der Waals surface area contributed by atoms with Gasteiger partial charge in [0.1, 0.15) is 5.75 Å². The molecule has 0 fully saturated rings. The summed E-state index contributed by atoms with van der Waals surface area (Å²) < 4.78 is 5.74. The van der Waals surface area contributed by atoms with Gasteiger partial charge in [0, 0.05) is 24.3 Å². The summed E-state index contributed by atoms with van der Waals surface area (Å²) in [5.41, 5.74) is 1.99. The van der Waals surface area contributed by atoms with E-state index in [1.54, 1.807) is 6.07 Å². The second-order valence-corrected chi connectivity index (χ2v) is 7.44. The van der Waals surface area contributed by atoms with Gasteiger partial charge in [0.2, 0.25) is 5.91 Å². The van der Waals surface area contributed by atoms with Crippen LogP contribution < -0.4 is 15.4 Å². The summed E-state index contributed by atoms with van der Waals surface area (Å²) in [6, 6.07) is 14.6. The molecule has 6 nitrogen and oxygen atoms in total. The minimum Gasteiger partial charge on any atom is -0.489 e. The number of ether oxygens (including phenoxy) is 1. The third-order valence-corrected chi connectivity index (χ3v) is 4.36. The van der Waals surface area contributed by atoms with Crippen molar-refractivity contribution in [1.29, 1.82) is 0 Å². The molecular weight excluding hydrogens is 378 g/mol. The molecule has 2 aromatic carbocycles. The molecule has 30 heavy (non-hydrogen) atoms. The van der Waals surface area contributed by atoms with E-state index in [2.05, 4.69) is 24.5 Å². The van der Waals surface area contributed by atoms with Crippen molar-refractivity contribution in [1.82, 2.24) is 4.90 Å². The van der Waals surface area contributed by atoms with Gasteiger partial charge in [-0.15, -0.1) is 0 Å². The molecule has 2 N–H and O–H groups in total. The van der Waals surface area contributed by atoms with Gasteiger partial charge >= 0.3 is 0 Å². The summed E-state index contributed by atoms with van der Waals surface area (Å²) >= 11 is 0. The number of carbonyl (C=O) groups excluding carboxylic acids is 2. The van der Waals surface area contributed by atoms with Gasteiger partial charge in [0.05, 0.1) is 18.3 Å². The summed E-state index contributed by atoms with van der Waals surface area (Å²) in [4.78, 5) is 27.1. The van der Waals surface area contributed by atoms with E-state index in [1.165, 1.54) is 0 Å². The van der Waals surface area contributed by atoms with E-state index in [0.717, 1.165) is 31.6 Å². The van der Waals surface area contributed by atoms with Gasteiger partial charge in [-0.3, -0.25) is 9.59 Å². The number of amides is 2. The first-order valence-corrected chi connectivity index (χ1v) is 10.6. The Morgan fingerprint density at radius 3 is 2.37 bits per heavy atom. The molecule has 0 heterocycles. The number of anilines is 2. The largest absolute Gasteiger partial charge is 0.489 e. The van der Waals surface area contributed by atoms with Gasteiger partial charge in [0.25, 0.3) is 5.91 Å². The van der Waals surface area contributed by atoms with Crippen LogP contribution in [0.1, 0.15) is 50.9 Å². The Labute approximate surface area is 179 Å². The highest BCUT2D eigenvalue weighted by atomic mass is 16.5. The van der Waals surface area contributed by atoms with E-state index in [-0.39, 0.29) is 24.5 Å². The van der Waals surface area contributed by atoms with Crippen LogP contribution in [0.3, 0.4) is 0 Å². The predicted octanol–water partition coefficient (Wildman–Crippen LogP) is 4.79. The minimum atomic E-state index is -0.190. The predicted molar refractivity (Wildman–Crippen MR) is 122 cm³/mol. The molecule has 0 unspecified atom stereocenters. The quantitative estimate of drug-likeness (QED) is 0.558. The van der Waals surface area contributed by atoms with Crippen LogP contribution >= 0.6 is 0 Å². The lowest BCUT2D eigenvalue weighted by atomic mass is 10.1. The van der Waals surface area contributed by atoms with Gasteiger partial charge in [-0.25, -0.2) is 0 Å². The average Bonchev–Trinajstić information content (AvgIpc) is 2.73. The summed E-state index contributed by atoms with van der Waals surface area (Å²) in [6.07, 6.45) is 1.86. The second kappa shape index (κ2) is 11.9. The van der Waals surface area contributed by atoms with Crippen LogP contribution in [0.25, 0.3) is 0 Å². The zero-order valence-electron chi connectivity index (χ0n) is 18.4. The highest BCUT2D eigenvalue weighted by molar-refractivity contribution is 5.96. The Kier molecular flexibility index (Phi) is 9.19. The Balaban J connectivity index is 1.99. The van der Waals surface area contributed by atoms with Crippen LogP contribution in [-0.4, -0.2) is 42.5 Å². The Morgan fingerprint density at radius 1 is 1.00 bits per heavy atom. The average molecular weight is 412 g/mol. The third kappa shape index (κ3) is 7.10. The second-order valence-electron chi connectivity index (χ2n) is 7.44. The monoisotopic (exact) mass is 411 g/mol. The fourth-order valence-corrected chi connectivity index (χ4v) is 3.10. The molecule has 0 aromatic heterocycles. The fourth-order valence-electron chi connectivity index (χ4n) is 3.10. The van der Waals surface area contributed by atoms with Gasteiger partial charge < -0.3 is 20.3 Å². The lowest BCUT2D eigenvalue weighted by Crippen LogP contribution is -2.32. The van der Waals surface area contributed by atoms with Crippen molar-refractivity contribution in [3.8, 4) is 5.75 Å². The molecule has 0 aliphatic heterocycles. The van der Waals surface area contributed by atoms with Crippen LogP contribution in [0.2, 0.25) is 0 Å². The van der Waals surface area contributed by atoms with Crippen molar-refractivity contribution in [2.75, 3.05) is 30.3 Å². The maximum absolute atomic E-state index is 12.8. The standard InChI is InChI=1S/C24H33N3O3/c1-5-14-27(15-6-2)24(29)19-10-9-11-20(16-19)25-17-23(28)26-21-12-7-8-13-22(21)30-18(3)4/h7-13,16,18,25H,5-6,14-15,17H2,1-4H3,(H,26,28). The van der Waals surface area contributed by atoms with Gasteiger partial charge in [-0.1, -0.05) is 32.0 Å². The van der Waals surface area contributed by atoms with Crippen LogP contribution in [-0.2, 0) is 4.79 Å². The Bertz CT molecular complexity index is 830. The smallest absolute Gasteiger partial charge is 0.253 e. The molecular formula is C24H33N3O3. The van der Waals surface area contributed by atoms with Crippen molar-refractivity contribution in [3.63, 3.8) is 0 Å². The van der Waals surface area contributed by atoms with Crippen molar-refractivity contribution < 1.29 is 14.3 Å². The molecule has 2 rings (SSSR count). The van der Waals surface area contributed by atoms with E-state index in [1.807, 2.05) is 61.2 Å². The number of para-hydroxylation sites is 2. The SMILES string of the molecule is CCCN(CCC)C(=O)c1cccc(NCC(=O)Nc2ccccc2OC(C)C)c1. The highest BCUT2D eigenvalue weighted by Gasteiger charge is 2.15. The van der Waals surface area contributed by atoms with Crippen molar-refractivity contribution >= 4 is 23.2 Å². The molecule has 0 radical (unpaired) electrons. The lowest BCUT2D eigenvalue weighted by molar-refractivity contribution is -0.114. The lowest BCUT2D eigenvalue weighted by Gasteiger charge is -2.21. The number of carbonyl (C=O) groups is 2. The maximum atomic E-state index is 12.8. The Morgan fingerprint density at radius 2 is 1.70 bits per heavy atom. The number of rotatable bonds is 11. The summed E-state index contributed by atoms with van der Waals surface area (Å²) in [5.74, 6) is 0.470. The molecule has 0 aliphatic rings. The number of benzene rings is 2. The molecule has 0 bridgehead atoms. The summed E-state index contributed by atoms with van der Waals surface area (Å²) in [5, 5.41) is 5.97. The first-order valence-electron chi connectivity index (χ1n) is 10.6. The van der Waals surface area contributed by atoms with Crippen molar-refractivity contribution in [3.05, 3.63) is 54.1 Å². The zero-order valence-corrected chi connectivity index (χ0v) is 18.4. The molecule has 0 saturated carbocycles. The van der Waals surface area contributed by atoms with Gasteiger partial charge in [-0.2, -0.15) is 0 Å². The number of hydrogen-bond acceptors (Lipinski definition) is 4. The van der Waals surface area contributed by atoms with E-state index in [0.29, 0.717) is 17.0 Å².